The lowest BCUT2D eigenvalue weighted by Crippen LogP contribution is -2.63. The van der Waals surface area contributed by atoms with E-state index < -0.39 is 5.54 Å². The second-order valence-corrected chi connectivity index (χ2v) is 8.70. The predicted molar refractivity (Wildman–Crippen MR) is 129 cm³/mol. The highest BCUT2D eigenvalue weighted by Crippen LogP contribution is 2.32. The van der Waals surface area contributed by atoms with Crippen LogP contribution in [0.5, 0.6) is 5.75 Å². The molecule has 1 aromatic heterocycles. The van der Waals surface area contributed by atoms with Crippen molar-refractivity contribution in [2.75, 3.05) is 7.11 Å². The zero-order valence-corrected chi connectivity index (χ0v) is 19.2. The summed E-state index contributed by atoms with van der Waals surface area (Å²) >= 11 is 0. The number of ether oxygens (including phenoxy) is 1. The van der Waals surface area contributed by atoms with Crippen molar-refractivity contribution < 1.29 is 14.3 Å². The van der Waals surface area contributed by atoms with E-state index in [9.17, 15) is 9.59 Å². The lowest BCUT2D eigenvalue weighted by molar-refractivity contribution is -0.133. The van der Waals surface area contributed by atoms with Crippen LogP contribution in [0, 0.1) is 0 Å². The number of fused-ring (bicyclic) bond motifs is 3. The normalized spacial score (nSPS) is 17.5. The molecule has 0 fully saturated rings. The average molecular weight is 455 g/mol. The van der Waals surface area contributed by atoms with Gasteiger partial charge in [0, 0.05) is 13.1 Å². The first-order valence-electron chi connectivity index (χ1n) is 11.2. The third-order valence-electron chi connectivity index (χ3n) is 6.41. The molecule has 1 N–H and O–H groups in total. The SMILES string of the molecule is COc1cccc(CN2C(=O)c3nc4ccccc4n3C[C@@]2(C)C(=O)NCc2ccccc2)c1. The lowest BCUT2D eigenvalue weighted by Gasteiger charge is -2.43. The first-order chi connectivity index (χ1) is 16.5. The molecule has 0 radical (unpaired) electrons. The van der Waals surface area contributed by atoms with E-state index in [1.54, 1.807) is 12.0 Å². The van der Waals surface area contributed by atoms with Crippen molar-refractivity contribution in [2.24, 2.45) is 0 Å². The van der Waals surface area contributed by atoms with Crippen LogP contribution in [0.4, 0.5) is 0 Å². The Morgan fingerprint density at radius 1 is 1.03 bits per heavy atom. The molecule has 0 saturated heterocycles. The predicted octanol–water partition coefficient (Wildman–Crippen LogP) is 3.78. The van der Waals surface area contributed by atoms with Crippen LogP contribution >= 0.6 is 0 Å². The molecule has 0 unspecified atom stereocenters. The van der Waals surface area contributed by atoms with Gasteiger partial charge in [0.15, 0.2) is 5.82 Å². The number of carbonyl (C=O) groups is 2. The van der Waals surface area contributed by atoms with Gasteiger partial charge in [0.25, 0.3) is 5.91 Å². The summed E-state index contributed by atoms with van der Waals surface area (Å²) in [5.41, 5.74) is 2.33. The second-order valence-electron chi connectivity index (χ2n) is 8.70. The highest BCUT2D eigenvalue weighted by atomic mass is 16.5. The number of para-hydroxylation sites is 2. The summed E-state index contributed by atoms with van der Waals surface area (Å²) in [6, 6.07) is 24.9. The number of benzene rings is 3. The van der Waals surface area contributed by atoms with Crippen LogP contribution in [0.2, 0.25) is 0 Å². The first-order valence-corrected chi connectivity index (χ1v) is 11.2. The number of rotatable bonds is 6. The minimum atomic E-state index is -1.12. The van der Waals surface area contributed by atoms with Crippen LogP contribution in [0.15, 0.2) is 78.9 Å². The van der Waals surface area contributed by atoms with E-state index in [4.69, 9.17) is 4.74 Å². The van der Waals surface area contributed by atoms with Gasteiger partial charge in [0.2, 0.25) is 5.91 Å². The molecule has 172 valence electrons. The fourth-order valence-electron chi connectivity index (χ4n) is 4.50. The maximum Gasteiger partial charge on any atom is 0.291 e. The molecule has 4 aromatic rings. The Morgan fingerprint density at radius 2 is 1.76 bits per heavy atom. The number of hydrogen-bond donors (Lipinski definition) is 1. The highest BCUT2D eigenvalue weighted by molar-refractivity contribution is 6.01. The quantitative estimate of drug-likeness (QED) is 0.481. The van der Waals surface area contributed by atoms with Crippen LogP contribution in [0.3, 0.4) is 0 Å². The second kappa shape index (κ2) is 8.67. The molecular weight excluding hydrogens is 428 g/mol. The van der Waals surface area contributed by atoms with Crippen LogP contribution in [-0.4, -0.2) is 38.9 Å². The number of hydrogen-bond acceptors (Lipinski definition) is 4. The summed E-state index contributed by atoms with van der Waals surface area (Å²) < 4.78 is 7.22. The Hall–Kier alpha value is -4.13. The van der Waals surface area contributed by atoms with Crippen molar-refractivity contribution in [3.63, 3.8) is 0 Å². The van der Waals surface area contributed by atoms with E-state index in [-0.39, 0.29) is 18.4 Å². The molecule has 1 aliphatic rings. The highest BCUT2D eigenvalue weighted by Gasteiger charge is 2.48. The van der Waals surface area contributed by atoms with Gasteiger partial charge in [0.05, 0.1) is 24.7 Å². The molecule has 1 atom stereocenters. The molecule has 0 saturated carbocycles. The fourth-order valence-corrected chi connectivity index (χ4v) is 4.50. The monoisotopic (exact) mass is 454 g/mol. The van der Waals surface area contributed by atoms with Crippen molar-refractivity contribution in [3.8, 4) is 5.75 Å². The van der Waals surface area contributed by atoms with E-state index in [2.05, 4.69) is 10.3 Å². The van der Waals surface area contributed by atoms with Gasteiger partial charge in [0.1, 0.15) is 11.3 Å². The average Bonchev–Trinajstić information content (AvgIpc) is 3.24. The van der Waals surface area contributed by atoms with Gasteiger partial charge >= 0.3 is 0 Å². The Kier molecular flexibility index (Phi) is 5.53. The van der Waals surface area contributed by atoms with E-state index in [0.29, 0.717) is 24.7 Å². The van der Waals surface area contributed by atoms with Crippen LogP contribution in [-0.2, 0) is 24.4 Å². The van der Waals surface area contributed by atoms with Gasteiger partial charge in [-0.05, 0) is 42.3 Å². The third kappa shape index (κ3) is 3.79. The molecule has 7 heteroatoms. The van der Waals surface area contributed by atoms with Gasteiger partial charge < -0.3 is 19.5 Å². The molecule has 2 heterocycles. The standard InChI is InChI=1S/C27H26N4O3/c1-27(26(33)28-16-19-9-4-3-5-10-19)18-30-23-14-7-6-13-22(23)29-24(30)25(32)31(27)17-20-11-8-12-21(15-20)34-2/h3-15H,16-18H2,1-2H3,(H,28,33)/t27-/m0/s1. The number of aromatic nitrogens is 2. The summed E-state index contributed by atoms with van der Waals surface area (Å²) in [5.74, 6) is 0.556. The number of nitrogens with one attached hydrogen (secondary N) is 1. The Labute approximate surface area is 198 Å². The smallest absolute Gasteiger partial charge is 0.291 e. The molecule has 0 aliphatic carbocycles. The minimum Gasteiger partial charge on any atom is -0.497 e. The van der Waals surface area contributed by atoms with Gasteiger partial charge in [-0.15, -0.1) is 0 Å². The minimum absolute atomic E-state index is 0.212. The summed E-state index contributed by atoms with van der Waals surface area (Å²) in [6.07, 6.45) is 0. The Morgan fingerprint density at radius 3 is 2.56 bits per heavy atom. The zero-order chi connectivity index (χ0) is 23.7. The molecule has 3 aromatic carbocycles. The van der Waals surface area contributed by atoms with Crippen LogP contribution in [0.25, 0.3) is 11.0 Å². The van der Waals surface area contributed by atoms with Crippen LogP contribution in [0.1, 0.15) is 28.7 Å². The molecular formula is C27H26N4O3. The van der Waals surface area contributed by atoms with E-state index in [1.807, 2.05) is 90.4 Å². The van der Waals surface area contributed by atoms with Crippen molar-refractivity contribution in [3.05, 3.63) is 95.8 Å². The van der Waals surface area contributed by atoms with Gasteiger partial charge in [-0.25, -0.2) is 4.98 Å². The Balaban J connectivity index is 1.53. The largest absolute Gasteiger partial charge is 0.497 e. The summed E-state index contributed by atoms with van der Waals surface area (Å²) in [7, 11) is 1.61. The summed E-state index contributed by atoms with van der Waals surface area (Å²) in [5, 5.41) is 3.05. The van der Waals surface area contributed by atoms with Crippen molar-refractivity contribution in [1.29, 1.82) is 0 Å². The number of amides is 2. The number of nitrogens with zero attached hydrogens (tertiary/aromatic N) is 3. The van der Waals surface area contributed by atoms with Gasteiger partial charge in [-0.1, -0.05) is 54.6 Å². The number of imidazole rings is 1. The number of carbonyl (C=O) groups excluding carboxylic acids is 2. The molecule has 2 amide bonds. The van der Waals surface area contributed by atoms with Crippen molar-refractivity contribution in [1.82, 2.24) is 19.8 Å². The maximum absolute atomic E-state index is 13.8. The van der Waals surface area contributed by atoms with E-state index in [1.165, 1.54) is 0 Å². The Bertz CT molecular complexity index is 1360. The summed E-state index contributed by atoms with van der Waals surface area (Å²) in [4.78, 5) is 33.7. The molecule has 0 bridgehead atoms. The topological polar surface area (TPSA) is 76.5 Å². The van der Waals surface area contributed by atoms with Gasteiger partial charge in [-0.2, -0.15) is 0 Å². The van der Waals surface area contributed by atoms with Crippen molar-refractivity contribution >= 4 is 22.8 Å². The van der Waals surface area contributed by atoms with E-state index in [0.717, 1.165) is 22.2 Å². The molecule has 5 rings (SSSR count). The summed E-state index contributed by atoms with van der Waals surface area (Å²) in [6.45, 7) is 2.77. The first kappa shape index (κ1) is 21.7. The fraction of sp³-hybridized carbons (Fsp3) is 0.222. The lowest BCUT2D eigenvalue weighted by atomic mass is 9.94. The molecule has 34 heavy (non-hydrogen) atoms. The maximum atomic E-state index is 13.8. The third-order valence-corrected chi connectivity index (χ3v) is 6.41. The van der Waals surface area contributed by atoms with Crippen molar-refractivity contribution in [2.45, 2.75) is 32.1 Å². The molecule has 1 aliphatic heterocycles. The molecule has 7 nitrogen and oxygen atoms in total. The van der Waals surface area contributed by atoms with Gasteiger partial charge in [-0.3, -0.25) is 9.59 Å². The number of methoxy groups -OCH3 is 1. The van der Waals surface area contributed by atoms with Crippen LogP contribution < -0.4 is 10.1 Å². The van der Waals surface area contributed by atoms with E-state index >= 15 is 0 Å². The molecule has 0 spiro atoms. The zero-order valence-electron chi connectivity index (χ0n) is 19.2.